The number of hydrogen-bond donors (Lipinski definition) is 1. The Morgan fingerprint density at radius 2 is 1.95 bits per heavy atom. The van der Waals surface area contributed by atoms with Gasteiger partial charge in [-0.25, -0.2) is 8.78 Å². The molecule has 1 aromatic rings. The van der Waals surface area contributed by atoms with Crippen LogP contribution in [0.2, 0.25) is 0 Å². The van der Waals surface area contributed by atoms with Crippen molar-refractivity contribution in [3.05, 3.63) is 35.4 Å². The highest BCUT2D eigenvalue weighted by molar-refractivity contribution is 5.20. The van der Waals surface area contributed by atoms with Gasteiger partial charge in [-0.3, -0.25) is 0 Å². The van der Waals surface area contributed by atoms with Crippen molar-refractivity contribution in [2.45, 2.75) is 51.2 Å². The van der Waals surface area contributed by atoms with Crippen molar-refractivity contribution in [1.82, 2.24) is 4.90 Å². The van der Waals surface area contributed by atoms with E-state index >= 15 is 0 Å². The van der Waals surface area contributed by atoms with Gasteiger partial charge in [-0.2, -0.15) is 0 Å². The number of benzene rings is 1. The van der Waals surface area contributed by atoms with Gasteiger partial charge in [0.15, 0.2) is 11.6 Å². The molecule has 1 aliphatic heterocycles. The number of rotatable bonds is 3. The molecule has 0 saturated carbocycles. The first kappa shape index (κ1) is 15.4. The summed E-state index contributed by atoms with van der Waals surface area (Å²) in [5.41, 5.74) is -0.155. The summed E-state index contributed by atoms with van der Waals surface area (Å²) in [7, 11) is 0. The molecule has 2 rings (SSSR count). The van der Waals surface area contributed by atoms with Gasteiger partial charge in [0.1, 0.15) is 0 Å². The smallest absolute Gasteiger partial charge is 0.159 e. The van der Waals surface area contributed by atoms with Crippen molar-refractivity contribution >= 4 is 0 Å². The molecule has 1 aromatic carbocycles. The van der Waals surface area contributed by atoms with E-state index in [0.29, 0.717) is 30.9 Å². The molecule has 1 aliphatic rings. The first-order valence-electron chi connectivity index (χ1n) is 7.30. The van der Waals surface area contributed by atoms with Crippen LogP contribution in [0.4, 0.5) is 8.78 Å². The molecule has 1 N–H and O–H groups in total. The summed E-state index contributed by atoms with van der Waals surface area (Å²) >= 11 is 0. The van der Waals surface area contributed by atoms with E-state index in [1.165, 1.54) is 6.07 Å². The summed E-state index contributed by atoms with van der Waals surface area (Å²) in [5.74, 6) is -1.68. The SMILES string of the molecule is CC(C)N1CCCC(O)(Cc2ccc(F)c(F)c2)CC1. The van der Waals surface area contributed by atoms with Gasteiger partial charge in [0.25, 0.3) is 0 Å². The maximum Gasteiger partial charge on any atom is 0.159 e. The normalized spacial score (nSPS) is 24.9. The fourth-order valence-electron chi connectivity index (χ4n) is 2.92. The molecule has 1 unspecified atom stereocenters. The minimum atomic E-state index is -0.844. The Morgan fingerprint density at radius 1 is 1.20 bits per heavy atom. The number of hydrogen-bond acceptors (Lipinski definition) is 2. The zero-order valence-electron chi connectivity index (χ0n) is 12.2. The molecule has 2 nitrogen and oxygen atoms in total. The maximum absolute atomic E-state index is 13.2. The third-order valence-corrected chi connectivity index (χ3v) is 4.20. The Balaban J connectivity index is 2.05. The lowest BCUT2D eigenvalue weighted by Gasteiger charge is -2.28. The third kappa shape index (κ3) is 3.76. The molecule has 1 fully saturated rings. The van der Waals surface area contributed by atoms with E-state index in [0.717, 1.165) is 25.6 Å². The molecule has 0 aromatic heterocycles. The summed E-state index contributed by atoms with van der Waals surface area (Å²) in [6.45, 7) is 6.13. The lowest BCUT2D eigenvalue weighted by molar-refractivity contribution is 0.0248. The highest BCUT2D eigenvalue weighted by Crippen LogP contribution is 2.27. The average molecular weight is 283 g/mol. The van der Waals surface area contributed by atoms with Crippen molar-refractivity contribution in [3.8, 4) is 0 Å². The fraction of sp³-hybridized carbons (Fsp3) is 0.625. The standard InChI is InChI=1S/C16H23F2NO/c1-12(2)19-8-3-6-16(20,7-9-19)11-13-4-5-14(17)15(18)10-13/h4-5,10,12,20H,3,6-9,11H2,1-2H3. The molecule has 1 saturated heterocycles. The Bertz CT molecular complexity index is 464. The van der Waals surface area contributed by atoms with E-state index in [1.54, 1.807) is 6.07 Å². The Kier molecular flexibility index (Phi) is 4.76. The molecule has 0 bridgehead atoms. The summed E-state index contributed by atoms with van der Waals surface area (Å²) in [6, 6.07) is 4.35. The van der Waals surface area contributed by atoms with Crippen LogP contribution in [0.25, 0.3) is 0 Å². The first-order valence-corrected chi connectivity index (χ1v) is 7.30. The van der Waals surface area contributed by atoms with Crippen molar-refractivity contribution in [2.75, 3.05) is 13.1 Å². The van der Waals surface area contributed by atoms with E-state index in [4.69, 9.17) is 0 Å². The van der Waals surface area contributed by atoms with Gasteiger partial charge in [-0.15, -0.1) is 0 Å². The van der Waals surface area contributed by atoms with Gasteiger partial charge < -0.3 is 10.0 Å². The molecule has 0 aliphatic carbocycles. The lowest BCUT2D eigenvalue weighted by Crippen LogP contribution is -2.35. The molecule has 0 spiro atoms. The Hall–Kier alpha value is -1.00. The van der Waals surface area contributed by atoms with Gasteiger partial charge >= 0.3 is 0 Å². The molecule has 0 amide bonds. The van der Waals surface area contributed by atoms with Crippen LogP contribution in [0, 0.1) is 11.6 Å². The Labute approximate surface area is 119 Å². The zero-order chi connectivity index (χ0) is 14.8. The quantitative estimate of drug-likeness (QED) is 0.921. The van der Waals surface area contributed by atoms with E-state index in [1.807, 2.05) is 0 Å². The van der Waals surface area contributed by atoms with E-state index in [-0.39, 0.29) is 0 Å². The molecule has 4 heteroatoms. The minimum absolute atomic E-state index is 0.385. The van der Waals surface area contributed by atoms with Gasteiger partial charge in [0, 0.05) is 19.0 Å². The van der Waals surface area contributed by atoms with E-state index in [2.05, 4.69) is 18.7 Å². The second kappa shape index (κ2) is 6.19. The van der Waals surface area contributed by atoms with Crippen LogP contribution < -0.4 is 0 Å². The molecule has 112 valence electrons. The van der Waals surface area contributed by atoms with Gasteiger partial charge in [-0.1, -0.05) is 6.07 Å². The van der Waals surface area contributed by atoms with E-state index < -0.39 is 17.2 Å². The predicted octanol–water partition coefficient (Wildman–Crippen LogP) is 3.13. The summed E-state index contributed by atoms with van der Waals surface area (Å²) in [6.07, 6.45) is 2.69. The monoisotopic (exact) mass is 283 g/mol. The number of nitrogens with zero attached hydrogens (tertiary/aromatic N) is 1. The van der Waals surface area contributed by atoms with Crippen molar-refractivity contribution in [3.63, 3.8) is 0 Å². The molecule has 1 atom stereocenters. The molecule has 1 heterocycles. The average Bonchev–Trinajstić information content (AvgIpc) is 2.56. The van der Waals surface area contributed by atoms with Gasteiger partial charge in [0.2, 0.25) is 0 Å². The van der Waals surface area contributed by atoms with Crippen molar-refractivity contribution < 1.29 is 13.9 Å². The Morgan fingerprint density at radius 3 is 2.60 bits per heavy atom. The largest absolute Gasteiger partial charge is 0.389 e. The maximum atomic E-state index is 13.2. The lowest BCUT2D eigenvalue weighted by atomic mass is 9.88. The van der Waals surface area contributed by atoms with E-state index in [9.17, 15) is 13.9 Å². The van der Waals surface area contributed by atoms with Crippen molar-refractivity contribution in [1.29, 1.82) is 0 Å². The topological polar surface area (TPSA) is 23.5 Å². The van der Waals surface area contributed by atoms with Crippen LogP contribution in [0.5, 0.6) is 0 Å². The molecular formula is C16H23F2NO. The first-order chi connectivity index (χ1) is 9.39. The molecular weight excluding hydrogens is 260 g/mol. The fourth-order valence-corrected chi connectivity index (χ4v) is 2.92. The third-order valence-electron chi connectivity index (χ3n) is 4.20. The number of halogens is 2. The van der Waals surface area contributed by atoms with Gasteiger partial charge in [-0.05, 0) is 57.4 Å². The van der Waals surface area contributed by atoms with Crippen LogP contribution in [-0.2, 0) is 6.42 Å². The highest BCUT2D eigenvalue weighted by Gasteiger charge is 2.31. The van der Waals surface area contributed by atoms with Crippen LogP contribution in [0.15, 0.2) is 18.2 Å². The van der Waals surface area contributed by atoms with Crippen LogP contribution >= 0.6 is 0 Å². The second-order valence-electron chi connectivity index (χ2n) is 6.13. The van der Waals surface area contributed by atoms with Crippen LogP contribution in [0.3, 0.4) is 0 Å². The molecule has 20 heavy (non-hydrogen) atoms. The predicted molar refractivity (Wildman–Crippen MR) is 75.6 cm³/mol. The van der Waals surface area contributed by atoms with Gasteiger partial charge in [0.05, 0.1) is 5.60 Å². The zero-order valence-corrected chi connectivity index (χ0v) is 12.2. The second-order valence-corrected chi connectivity index (χ2v) is 6.13. The summed E-state index contributed by atoms with van der Waals surface area (Å²) in [5, 5.41) is 10.7. The minimum Gasteiger partial charge on any atom is -0.389 e. The number of likely N-dealkylation sites (tertiary alicyclic amines) is 1. The summed E-state index contributed by atoms with van der Waals surface area (Å²) in [4.78, 5) is 2.35. The van der Waals surface area contributed by atoms with Crippen LogP contribution in [-0.4, -0.2) is 34.7 Å². The summed E-state index contributed by atoms with van der Waals surface area (Å²) < 4.78 is 26.2. The van der Waals surface area contributed by atoms with Crippen molar-refractivity contribution in [2.24, 2.45) is 0 Å². The van der Waals surface area contributed by atoms with Crippen LogP contribution in [0.1, 0.15) is 38.7 Å². The number of aliphatic hydroxyl groups is 1. The molecule has 0 radical (unpaired) electrons. The highest BCUT2D eigenvalue weighted by atomic mass is 19.2.